The Hall–Kier alpha value is -2.15. The molecule has 0 spiro atoms. The van der Waals surface area contributed by atoms with E-state index in [1.807, 2.05) is 36.7 Å². The Kier molecular flexibility index (Phi) is 2.22. The van der Waals surface area contributed by atoms with E-state index in [0.29, 0.717) is 5.69 Å². The number of nitriles is 1. The van der Waals surface area contributed by atoms with Crippen LogP contribution in [0.15, 0.2) is 24.7 Å². The van der Waals surface area contributed by atoms with Crippen molar-refractivity contribution in [2.75, 3.05) is 0 Å². The number of aryl methyl sites for hydroxylation is 2. The highest BCUT2D eigenvalue weighted by Gasteiger charge is 2.03. The summed E-state index contributed by atoms with van der Waals surface area (Å²) in [5, 5.41) is 8.70. The summed E-state index contributed by atoms with van der Waals surface area (Å²) >= 11 is 0. The topological polar surface area (TPSA) is 54.5 Å². The van der Waals surface area contributed by atoms with Gasteiger partial charge in [-0.25, -0.2) is 9.97 Å². The van der Waals surface area contributed by atoms with E-state index < -0.39 is 0 Å². The predicted octanol–water partition coefficient (Wildman–Crippen LogP) is 1.76. The standard InChI is InChI=1S/C11H10N4/c1-8-6-15(7-13-8)11-4-3-10(5-12)14-9(11)2/h3-4,6-7H,1-2H3. The average Bonchev–Trinajstić information content (AvgIpc) is 2.64. The third-order valence-corrected chi connectivity index (χ3v) is 2.16. The van der Waals surface area contributed by atoms with E-state index in [0.717, 1.165) is 17.1 Å². The van der Waals surface area contributed by atoms with E-state index in [2.05, 4.69) is 9.97 Å². The van der Waals surface area contributed by atoms with Gasteiger partial charge in [-0.3, -0.25) is 0 Å². The van der Waals surface area contributed by atoms with E-state index in [9.17, 15) is 0 Å². The van der Waals surface area contributed by atoms with E-state index in [-0.39, 0.29) is 0 Å². The summed E-state index contributed by atoms with van der Waals surface area (Å²) in [5.41, 5.74) is 3.17. The first-order valence-corrected chi connectivity index (χ1v) is 4.59. The molecule has 2 heterocycles. The van der Waals surface area contributed by atoms with Crippen molar-refractivity contribution in [3.8, 4) is 11.8 Å². The minimum atomic E-state index is 0.438. The second-order valence-electron chi connectivity index (χ2n) is 3.34. The van der Waals surface area contributed by atoms with Gasteiger partial charge in [-0.1, -0.05) is 0 Å². The van der Waals surface area contributed by atoms with Gasteiger partial charge in [-0.05, 0) is 26.0 Å². The van der Waals surface area contributed by atoms with Crippen LogP contribution in [0.5, 0.6) is 0 Å². The quantitative estimate of drug-likeness (QED) is 0.701. The summed E-state index contributed by atoms with van der Waals surface area (Å²) < 4.78 is 1.90. The highest BCUT2D eigenvalue weighted by atomic mass is 15.0. The van der Waals surface area contributed by atoms with Gasteiger partial charge < -0.3 is 4.57 Å². The van der Waals surface area contributed by atoms with Crippen LogP contribution in [0.25, 0.3) is 5.69 Å². The van der Waals surface area contributed by atoms with Gasteiger partial charge in [0.25, 0.3) is 0 Å². The molecule has 0 amide bonds. The van der Waals surface area contributed by atoms with Crippen LogP contribution in [-0.2, 0) is 0 Å². The Morgan fingerprint density at radius 2 is 2.13 bits per heavy atom. The maximum atomic E-state index is 8.70. The zero-order valence-corrected chi connectivity index (χ0v) is 8.60. The van der Waals surface area contributed by atoms with Crippen molar-refractivity contribution >= 4 is 0 Å². The van der Waals surface area contributed by atoms with Gasteiger partial charge in [0, 0.05) is 6.20 Å². The van der Waals surface area contributed by atoms with Crippen LogP contribution in [0.2, 0.25) is 0 Å². The Balaban J connectivity index is 2.51. The van der Waals surface area contributed by atoms with Gasteiger partial charge >= 0.3 is 0 Å². The molecule has 4 heteroatoms. The van der Waals surface area contributed by atoms with Crippen molar-refractivity contribution in [3.05, 3.63) is 41.7 Å². The van der Waals surface area contributed by atoms with Crippen molar-refractivity contribution in [3.63, 3.8) is 0 Å². The molecule has 2 rings (SSSR count). The fourth-order valence-electron chi connectivity index (χ4n) is 1.44. The molecule has 0 aromatic carbocycles. The van der Waals surface area contributed by atoms with Crippen molar-refractivity contribution in [1.29, 1.82) is 5.26 Å². The number of hydrogen-bond donors (Lipinski definition) is 0. The van der Waals surface area contributed by atoms with Gasteiger partial charge in [0.05, 0.1) is 23.4 Å². The molecule has 0 saturated carbocycles. The summed E-state index contributed by atoms with van der Waals surface area (Å²) in [5.74, 6) is 0. The van der Waals surface area contributed by atoms with E-state index in [1.54, 1.807) is 12.4 Å². The Morgan fingerprint density at radius 3 is 2.67 bits per heavy atom. The summed E-state index contributed by atoms with van der Waals surface area (Å²) in [6.07, 6.45) is 3.67. The SMILES string of the molecule is Cc1cn(-c2ccc(C#N)nc2C)cn1. The average molecular weight is 198 g/mol. The first kappa shape index (κ1) is 9.41. The predicted molar refractivity (Wildman–Crippen MR) is 55.5 cm³/mol. The highest BCUT2D eigenvalue weighted by Crippen LogP contribution is 2.12. The number of pyridine rings is 1. The fourth-order valence-corrected chi connectivity index (χ4v) is 1.44. The number of rotatable bonds is 1. The lowest BCUT2D eigenvalue weighted by atomic mass is 10.2. The van der Waals surface area contributed by atoms with Gasteiger partial charge in [-0.15, -0.1) is 0 Å². The molecular weight excluding hydrogens is 188 g/mol. The van der Waals surface area contributed by atoms with Crippen LogP contribution in [0.1, 0.15) is 17.1 Å². The molecule has 2 aromatic rings. The normalized spacial score (nSPS) is 9.93. The molecule has 0 bridgehead atoms. The van der Waals surface area contributed by atoms with Crippen molar-refractivity contribution in [2.45, 2.75) is 13.8 Å². The summed E-state index contributed by atoms with van der Waals surface area (Å²) in [4.78, 5) is 8.31. The first-order chi connectivity index (χ1) is 7.20. The second-order valence-corrected chi connectivity index (χ2v) is 3.34. The largest absolute Gasteiger partial charge is 0.304 e. The molecular formula is C11H10N4. The lowest BCUT2D eigenvalue weighted by Crippen LogP contribution is -1.97. The van der Waals surface area contributed by atoms with Crippen LogP contribution in [0.3, 0.4) is 0 Å². The maximum absolute atomic E-state index is 8.70. The van der Waals surface area contributed by atoms with Crippen LogP contribution in [-0.4, -0.2) is 14.5 Å². The third kappa shape index (κ3) is 1.72. The zero-order chi connectivity index (χ0) is 10.8. The molecule has 0 unspecified atom stereocenters. The molecule has 0 aliphatic heterocycles. The fraction of sp³-hybridized carbons (Fsp3) is 0.182. The molecule has 0 aliphatic rings. The lowest BCUT2D eigenvalue weighted by molar-refractivity contribution is 1.00. The van der Waals surface area contributed by atoms with Crippen LogP contribution in [0, 0.1) is 25.2 Å². The maximum Gasteiger partial charge on any atom is 0.140 e. The third-order valence-electron chi connectivity index (χ3n) is 2.16. The molecule has 0 saturated heterocycles. The minimum absolute atomic E-state index is 0.438. The highest BCUT2D eigenvalue weighted by molar-refractivity contribution is 5.39. The van der Waals surface area contributed by atoms with Gasteiger partial charge in [0.2, 0.25) is 0 Å². The molecule has 0 radical (unpaired) electrons. The Bertz CT molecular complexity index is 534. The zero-order valence-electron chi connectivity index (χ0n) is 8.60. The molecule has 0 atom stereocenters. The number of imidazole rings is 1. The van der Waals surface area contributed by atoms with Gasteiger partial charge in [-0.2, -0.15) is 5.26 Å². The van der Waals surface area contributed by atoms with Gasteiger partial charge in [0.15, 0.2) is 0 Å². The van der Waals surface area contributed by atoms with Crippen molar-refractivity contribution < 1.29 is 0 Å². The molecule has 0 aliphatic carbocycles. The Labute approximate surface area is 87.8 Å². The van der Waals surface area contributed by atoms with Crippen molar-refractivity contribution in [2.24, 2.45) is 0 Å². The summed E-state index contributed by atoms with van der Waals surface area (Å²) in [7, 11) is 0. The van der Waals surface area contributed by atoms with E-state index in [1.165, 1.54) is 0 Å². The number of aromatic nitrogens is 3. The Morgan fingerprint density at radius 1 is 1.33 bits per heavy atom. The van der Waals surface area contributed by atoms with Crippen molar-refractivity contribution in [1.82, 2.24) is 14.5 Å². The van der Waals surface area contributed by atoms with Crippen LogP contribution >= 0.6 is 0 Å². The van der Waals surface area contributed by atoms with E-state index in [4.69, 9.17) is 5.26 Å². The van der Waals surface area contributed by atoms with Crippen LogP contribution in [0.4, 0.5) is 0 Å². The minimum Gasteiger partial charge on any atom is -0.304 e. The number of hydrogen-bond acceptors (Lipinski definition) is 3. The second kappa shape index (κ2) is 3.54. The first-order valence-electron chi connectivity index (χ1n) is 4.59. The molecule has 0 N–H and O–H groups in total. The molecule has 15 heavy (non-hydrogen) atoms. The molecule has 0 fully saturated rings. The number of nitrogens with zero attached hydrogens (tertiary/aromatic N) is 4. The molecule has 74 valence electrons. The summed E-state index contributed by atoms with van der Waals surface area (Å²) in [6, 6.07) is 5.60. The van der Waals surface area contributed by atoms with Gasteiger partial charge in [0.1, 0.15) is 11.8 Å². The monoisotopic (exact) mass is 198 g/mol. The summed E-state index contributed by atoms with van der Waals surface area (Å²) in [6.45, 7) is 3.81. The molecule has 4 nitrogen and oxygen atoms in total. The lowest BCUT2D eigenvalue weighted by Gasteiger charge is -2.04. The smallest absolute Gasteiger partial charge is 0.140 e. The van der Waals surface area contributed by atoms with Crippen LogP contribution < -0.4 is 0 Å². The molecule has 2 aromatic heterocycles. The van der Waals surface area contributed by atoms with E-state index >= 15 is 0 Å².